The molecule has 0 saturated carbocycles. The van der Waals surface area contributed by atoms with Crippen molar-refractivity contribution in [2.75, 3.05) is 0 Å². The van der Waals surface area contributed by atoms with E-state index in [0.29, 0.717) is 0 Å². The lowest BCUT2D eigenvalue weighted by molar-refractivity contribution is -0.390. The highest BCUT2D eigenvalue weighted by Crippen LogP contribution is 2.31. The Morgan fingerprint density at radius 2 is 2.18 bits per heavy atom. The summed E-state index contributed by atoms with van der Waals surface area (Å²) in [5, 5.41) is 19.0. The number of pyridine rings is 1. The maximum Gasteiger partial charge on any atom is 0.575 e. The van der Waals surface area contributed by atoms with Crippen LogP contribution in [0.2, 0.25) is 0 Å². The monoisotopic (exact) mass is 311 g/mol. The smallest absolute Gasteiger partial charge is 0.365 e. The van der Waals surface area contributed by atoms with E-state index in [1.165, 1.54) is 6.07 Å². The third-order valence-corrected chi connectivity index (χ3v) is 2.06. The predicted octanol–water partition coefficient (Wildman–Crippen LogP) is 2.52. The number of rotatable bonds is 2. The number of hydrogen-bond acceptors (Lipinski definition) is 5. The van der Waals surface area contributed by atoms with E-state index in [2.05, 4.69) is 25.7 Å². The summed E-state index contributed by atoms with van der Waals surface area (Å²) in [5.74, 6) is -2.03. The standard InChI is InChI=1S/C7HBrF3N3O3/c8-4-1-5(14(15)16)13-6(3(4)2-12)17-7(9,10)11/h1H. The molecule has 1 aromatic heterocycles. The number of alkyl halides is 3. The number of halogens is 4. The summed E-state index contributed by atoms with van der Waals surface area (Å²) in [6, 6.07) is 2.20. The summed E-state index contributed by atoms with van der Waals surface area (Å²) in [5.41, 5.74) is -0.576. The van der Waals surface area contributed by atoms with Gasteiger partial charge in [-0.2, -0.15) is 5.26 Å². The average molecular weight is 312 g/mol. The van der Waals surface area contributed by atoms with Crippen molar-refractivity contribution < 1.29 is 22.8 Å². The molecule has 17 heavy (non-hydrogen) atoms. The predicted molar refractivity (Wildman–Crippen MR) is 50.0 cm³/mol. The Hall–Kier alpha value is -1.89. The molecule has 1 heterocycles. The molecule has 0 radical (unpaired) electrons. The molecular formula is C7HBrF3N3O3. The third kappa shape index (κ3) is 3.28. The van der Waals surface area contributed by atoms with Crippen LogP contribution in [0.4, 0.5) is 19.0 Å². The van der Waals surface area contributed by atoms with Crippen molar-refractivity contribution in [3.8, 4) is 11.9 Å². The first kappa shape index (κ1) is 13.2. The molecule has 0 aliphatic carbocycles. The van der Waals surface area contributed by atoms with Gasteiger partial charge in [0.05, 0.1) is 10.5 Å². The number of nitriles is 1. The highest BCUT2D eigenvalue weighted by atomic mass is 79.9. The van der Waals surface area contributed by atoms with Crippen LogP contribution in [-0.2, 0) is 0 Å². The van der Waals surface area contributed by atoms with E-state index in [-0.39, 0.29) is 4.47 Å². The summed E-state index contributed by atoms with van der Waals surface area (Å²) in [4.78, 5) is 12.4. The number of aromatic nitrogens is 1. The highest BCUT2D eigenvalue weighted by Gasteiger charge is 2.36. The van der Waals surface area contributed by atoms with Crippen molar-refractivity contribution >= 4 is 21.7 Å². The van der Waals surface area contributed by atoms with Gasteiger partial charge in [-0.05, 0) is 20.9 Å². The van der Waals surface area contributed by atoms with Crippen molar-refractivity contribution in [3.05, 3.63) is 26.2 Å². The largest absolute Gasteiger partial charge is 0.575 e. The normalized spacial score (nSPS) is 10.8. The van der Waals surface area contributed by atoms with E-state index >= 15 is 0 Å². The molecule has 0 saturated heterocycles. The molecule has 0 amide bonds. The first-order chi connectivity index (χ1) is 7.74. The molecule has 1 rings (SSSR count). The van der Waals surface area contributed by atoms with Crippen LogP contribution in [0.3, 0.4) is 0 Å². The number of ether oxygens (including phenoxy) is 1. The Kier molecular flexibility index (Phi) is 3.52. The van der Waals surface area contributed by atoms with E-state index in [1.807, 2.05) is 0 Å². The van der Waals surface area contributed by atoms with Gasteiger partial charge in [-0.25, -0.2) is 0 Å². The molecule has 1 aromatic rings. The van der Waals surface area contributed by atoms with Crippen LogP contribution in [0.5, 0.6) is 5.88 Å². The summed E-state index contributed by atoms with van der Waals surface area (Å²) < 4.78 is 39.1. The number of nitro groups is 1. The summed E-state index contributed by atoms with van der Waals surface area (Å²) >= 11 is 2.72. The van der Waals surface area contributed by atoms with E-state index in [0.717, 1.165) is 6.07 Å². The molecule has 10 heteroatoms. The Labute approximate surface area is 99.9 Å². The van der Waals surface area contributed by atoms with Gasteiger partial charge in [0.1, 0.15) is 6.07 Å². The summed E-state index contributed by atoms with van der Waals surface area (Å²) in [7, 11) is 0. The first-order valence-electron chi connectivity index (χ1n) is 3.75. The van der Waals surface area contributed by atoms with Crippen LogP contribution in [0.1, 0.15) is 5.56 Å². The molecule has 0 N–H and O–H groups in total. The Morgan fingerprint density at radius 1 is 1.59 bits per heavy atom. The minimum atomic E-state index is -5.09. The average Bonchev–Trinajstić information content (AvgIpc) is 2.14. The topological polar surface area (TPSA) is 89.0 Å². The fraction of sp³-hybridized carbons (Fsp3) is 0.143. The van der Waals surface area contributed by atoms with Crippen LogP contribution in [0.25, 0.3) is 0 Å². The second kappa shape index (κ2) is 4.54. The van der Waals surface area contributed by atoms with Crippen LogP contribution in [-0.4, -0.2) is 16.3 Å². The summed E-state index contributed by atoms with van der Waals surface area (Å²) in [6.45, 7) is 0. The lowest BCUT2D eigenvalue weighted by Crippen LogP contribution is -2.19. The quantitative estimate of drug-likeness (QED) is 0.618. The lowest BCUT2D eigenvalue weighted by atomic mass is 10.3. The fourth-order valence-electron chi connectivity index (χ4n) is 0.858. The number of nitrogens with zero attached hydrogens (tertiary/aromatic N) is 3. The van der Waals surface area contributed by atoms with Gasteiger partial charge >= 0.3 is 18.1 Å². The minimum Gasteiger partial charge on any atom is -0.365 e. The van der Waals surface area contributed by atoms with Crippen LogP contribution in [0, 0.1) is 21.4 Å². The van der Waals surface area contributed by atoms with Gasteiger partial charge in [-0.15, -0.1) is 13.2 Å². The Bertz CT molecular complexity index is 512. The first-order valence-corrected chi connectivity index (χ1v) is 4.54. The minimum absolute atomic E-state index is 0.207. The van der Waals surface area contributed by atoms with Crippen LogP contribution >= 0.6 is 15.9 Å². The van der Waals surface area contributed by atoms with Crippen molar-refractivity contribution in [1.82, 2.24) is 4.98 Å². The van der Waals surface area contributed by atoms with Gasteiger partial charge in [-0.3, -0.25) is 0 Å². The van der Waals surface area contributed by atoms with E-state index in [9.17, 15) is 23.3 Å². The molecule has 0 bridgehead atoms. The van der Waals surface area contributed by atoms with Crippen molar-refractivity contribution in [2.24, 2.45) is 0 Å². The number of hydrogen-bond donors (Lipinski definition) is 0. The van der Waals surface area contributed by atoms with Gasteiger partial charge in [0, 0.05) is 4.98 Å². The zero-order valence-electron chi connectivity index (χ0n) is 7.66. The Morgan fingerprint density at radius 3 is 2.59 bits per heavy atom. The van der Waals surface area contributed by atoms with Crippen molar-refractivity contribution in [1.29, 1.82) is 5.26 Å². The molecule has 90 valence electrons. The van der Waals surface area contributed by atoms with Gasteiger partial charge in [0.2, 0.25) is 0 Å². The van der Waals surface area contributed by atoms with Gasteiger partial charge in [-0.1, -0.05) is 0 Å². The van der Waals surface area contributed by atoms with E-state index in [4.69, 9.17) is 5.26 Å². The molecule has 0 aromatic carbocycles. The second-order valence-corrected chi connectivity index (χ2v) is 3.41. The Balaban J connectivity index is 3.35. The molecule has 0 spiro atoms. The van der Waals surface area contributed by atoms with Crippen LogP contribution < -0.4 is 4.74 Å². The van der Waals surface area contributed by atoms with Gasteiger partial charge in [0.25, 0.3) is 0 Å². The van der Waals surface area contributed by atoms with Gasteiger partial charge in [0.15, 0.2) is 5.56 Å². The lowest BCUT2D eigenvalue weighted by Gasteiger charge is -2.06. The molecule has 6 nitrogen and oxygen atoms in total. The zero-order chi connectivity index (χ0) is 13.2. The van der Waals surface area contributed by atoms with Gasteiger partial charge < -0.3 is 14.9 Å². The molecule has 0 atom stereocenters. The maximum atomic E-state index is 12.0. The van der Waals surface area contributed by atoms with E-state index in [1.54, 1.807) is 0 Å². The molecule has 0 unspecified atom stereocenters. The molecule has 0 fully saturated rings. The van der Waals surface area contributed by atoms with E-state index < -0.39 is 28.5 Å². The highest BCUT2D eigenvalue weighted by molar-refractivity contribution is 9.10. The third-order valence-electron chi connectivity index (χ3n) is 1.44. The summed E-state index contributed by atoms with van der Waals surface area (Å²) in [6.07, 6.45) is -5.09. The zero-order valence-corrected chi connectivity index (χ0v) is 9.24. The second-order valence-electron chi connectivity index (χ2n) is 2.56. The maximum absolute atomic E-state index is 12.0. The molecule has 0 aliphatic rings. The fourth-order valence-corrected chi connectivity index (χ4v) is 1.32. The van der Waals surface area contributed by atoms with Crippen molar-refractivity contribution in [3.63, 3.8) is 0 Å². The SMILES string of the molecule is N#Cc1c(Br)cc([N+](=O)[O-])nc1OC(F)(F)F. The van der Waals surface area contributed by atoms with Crippen molar-refractivity contribution in [2.45, 2.75) is 6.36 Å². The molecule has 0 aliphatic heterocycles. The molecular weight excluding hydrogens is 311 g/mol. The van der Waals surface area contributed by atoms with Crippen LogP contribution in [0.15, 0.2) is 10.5 Å².